The largest absolute Gasteiger partial charge is 0.396 e. The molecule has 68 valence electrons. The minimum Gasteiger partial charge on any atom is -0.396 e. The molecule has 1 N–H and O–H groups in total. The second kappa shape index (κ2) is 6.66. The molecule has 1 nitrogen and oxygen atoms in total. The predicted molar refractivity (Wildman–Crippen MR) is 49.6 cm³/mol. The summed E-state index contributed by atoms with van der Waals surface area (Å²) in [6.07, 6.45) is 4.75. The van der Waals surface area contributed by atoms with Gasteiger partial charge in [-0.3, -0.25) is 0 Å². The fourth-order valence-electron chi connectivity index (χ4n) is 1.58. The van der Waals surface area contributed by atoms with Gasteiger partial charge in [-0.1, -0.05) is 40.0 Å². The zero-order chi connectivity index (χ0) is 8.69. The maximum Gasteiger partial charge on any atom is 0.0433 e. The summed E-state index contributed by atoms with van der Waals surface area (Å²) in [4.78, 5) is 0. The van der Waals surface area contributed by atoms with Crippen LogP contribution >= 0.6 is 0 Å². The minimum absolute atomic E-state index is 0.356. The maximum atomic E-state index is 8.81. The first kappa shape index (κ1) is 11.0. The molecule has 0 aliphatic rings. The van der Waals surface area contributed by atoms with Crippen LogP contribution in [0.1, 0.15) is 46.5 Å². The number of rotatable bonds is 6. The zero-order valence-electron chi connectivity index (χ0n) is 8.14. The lowest BCUT2D eigenvalue weighted by Gasteiger charge is -2.21. The second-order valence-electron chi connectivity index (χ2n) is 3.45. The van der Waals surface area contributed by atoms with Crippen LogP contribution in [0.4, 0.5) is 0 Å². The third-order valence-corrected chi connectivity index (χ3v) is 2.61. The van der Waals surface area contributed by atoms with Crippen molar-refractivity contribution in [3.8, 4) is 0 Å². The summed E-state index contributed by atoms with van der Waals surface area (Å²) in [6.45, 7) is 7.09. The van der Waals surface area contributed by atoms with Gasteiger partial charge in [-0.25, -0.2) is 0 Å². The van der Waals surface area contributed by atoms with Crippen molar-refractivity contribution >= 4 is 0 Å². The molecule has 0 spiro atoms. The third-order valence-electron chi connectivity index (χ3n) is 2.61. The number of hydrogen-bond acceptors (Lipinski definition) is 1. The summed E-state index contributed by atoms with van der Waals surface area (Å²) < 4.78 is 0. The molecule has 2 atom stereocenters. The van der Waals surface area contributed by atoms with Gasteiger partial charge >= 0.3 is 0 Å². The van der Waals surface area contributed by atoms with E-state index in [1.807, 2.05) is 0 Å². The van der Waals surface area contributed by atoms with Gasteiger partial charge in [0.25, 0.3) is 0 Å². The lowest BCUT2D eigenvalue weighted by atomic mass is 9.86. The molecule has 1 unspecified atom stereocenters. The van der Waals surface area contributed by atoms with Gasteiger partial charge in [-0.15, -0.1) is 0 Å². The smallest absolute Gasteiger partial charge is 0.0433 e. The third kappa shape index (κ3) is 4.41. The van der Waals surface area contributed by atoms with Gasteiger partial charge in [0.15, 0.2) is 0 Å². The van der Waals surface area contributed by atoms with E-state index in [2.05, 4.69) is 20.8 Å². The second-order valence-corrected chi connectivity index (χ2v) is 3.45. The van der Waals surface area contributed by atoms with Crippen molar-refractivity contribution in [3.63, 3.8) is 0 Å². The average Bonchev–Trinajstić information content (AvgIpc) is 2.03. The zero-order valence-corrected chi connectivity index (χ0v) is 8.14. The Hall–Kier alpha value is -0.0400. The van der Waals surface area contributed by atoms with Crippen molar-refractivity contribution in [2.75, 3.05) is 6.61 Å². The van der Waals surface area contributed by atoms with Gasteiger partial charge < -0.3 is 5.11 Å². The monoisotopic (exact) mass is 158 g/mol. The Kier molecular flexibility index (Phi) is 6.63. The van der Waals surface area contributed by atoms with E-state index in [1.54, 1.807) is 0 Å². The molecule has 11 heavy (non-hydrogen) atoms. The molecule has 0 aliphatic carbocycles. The molecular formula is C10H22O. The molecule has 0 heterocycles. The minimum atomic E-state index is 0.356. The van der Waals surface area contributed by atoms with E-state index in [4.69, 9.17) is 5.11 Å². The van der Waals surface area contributed by atoms with E-state index in [-0.39, 0.29) is 0 Å². The highest BCUT2D eigenvalue weighted by atomic mass is 16.3. The van der Waals surface area contributed by atoms with E-state index in [0.717, 1.165) is 18.3 Å². The number of aliphatic hydroxyl groups is 1. The van der Waals surface area contributed by atoms with Crippen LogP contribution in [-0.2, 0) is 0 Å². The van der Waals surface area contributed by atoms with Gasteiger partial charge in [-0.05, 0) is 18.3 Å². The topological polar surface area (TPSA) is 20.2 Å². The van der Waals surface area contributed by atoms with Gasteiger partial charge in [0.05, 0.1) is 0 Å². The van der Waals surface area contributed by atoms with E-state index in [1.165, 1.54) is 19.3 Å². The Morgan fingerprint density at radius 3 is 2.18 bits per heavy atom. The van der Waals surface area contributed by atoms with Crippen molar-refractivity contribution in [1.29, 1.82) is 0 Å². The quantitative estimate of drug-likeness (QED) is 0.630. The van der Waals surface area contributed by atoms with Crippen molar-refractivity contribution in [2.24, 2.45) is 11.8 Å². The molecule has 0 rings (SSSR count). The normalized spacial score (nSPS) is 16.4. The molecule has 0 saturated carbocycles. The average molecular weight is 158 g/mol. The Morgan fingerprint density at radius 1 is 1.18 bits per heavy atom. The first-order valence-electron chi connectivity index (χ1n) is 4.87. The van der Waals surface area contributed by atoms with E-state index in [0.29, 0.717) is 6.61 Å². The van der Waals surface area contributed by atoms with Crippen LogP contribution in [0.2, 0.25) is 0 Å². The summed E-state index contributed by atoms with van der Waals surface area (Å²) in [7, 11) is 0. The summed E-state index contributed by atoms with van der Waals surface area (Å²) in [6, 6.07) is 0. The molecule has 1 heteroatoms. The van der Waals surface area contributed by atoms with Gasteiger partial charge in [0.1, 0.15) is 0 Å². The fraction of sp³-hybridized carbons (Fsp3) is 1.00. The molecule has 0 aromatic carbocycles. The summed E-state index contributed by atoms with van der Waals surface area (Å²) >= 11 is 0. The highest BCUT2D eigenvalue weighted by Crippen LogP contribution is 2.23. The maximum absolute atomic E-state index is 8.81. The molecular weight excluding hydrogens is 136 g/mol. The summed E-state index contributed by atoms with van der Waals surface area (Å²) in [5, 5.41) is 8.81. The van der Waals surface area contributed by atoms with E-state index < -0.39 is 0 Å². The number of hydrogen-bond donors (Lipinski definition) is 1. The highest BCUT2D eigenvalue weighted by Gasteiger charge is 2.13. The Morgan fingerprint density at radius 2 is 1.82 bits per heavy atom. The molecule has 0 aromatic rings. The molecule has 0 amide bonds. The van der Waals surface area contributed by atoms with Crippen LogP contribution in [0.25, 0.3) is 0 Å². The van der Waals surface area contributed by atoms with Gasteiger partial charge in [-0.2, -0.15) is 0 Å². The molecule has 0 saturated heterocycles. The molecule has 0 radical (unpaired) electrons. The van der Waals surface area contributed by atoms with Crippen molar-refractivity contribution < 1.29 is 5.11 Å². The standard InChI is InChI=1S/C10H22O/c1-4-6-10(7-8-11)9(3)5-2/h9-11H,4-8H2,1-3H3/t9-,10?/m0/s1. The van der Waals surface area contributed by atoms with Gasteiger partial charge in [0.2, 0.25) is 0 Å². The molecule has 0 aromatic heterocycles. The fourth-order valence-corrected chi connectivity index (χ4v) is 1.58. The van der Waals surface area contributed by atoms with Crippen LogP contribution in [-0.4, -0.2) is 11.7 Å². The Bertz CT molecular complexity index is 74.9. The predicted octanol–water partition coefficient (Wildman–Crippen LogP) is 2.83. The summed E-state index contributed by atoms with van der Waals surface area (Å²) in [5.41, 5.74) is 0. The molecule has 0 bridgehead atoms. The van der Waals surface area contributed by atoms with Crippen molar-refractivity contribution in [1.82, 2.24) is 0 Å². The summed E-state index contributed by atoms with van der Waals surface area (Å²) in [5.74, 6) is 1.53. The van der Waals surface area contributed by atoms with Crippen LogP contribution in [0.15, 0.2) is 0 Å². The van der Waals surface area contributed by atoms with E-state index >= 15 is 0 Å². The first-order chi connectivity index (χ1) is 5.26. The lowest BCUT2D eigenvalue weighted by molar-refractivity contribution is 0.214. The van der Waals surface area contributed by atoms with Crippen LogP contribution < -0.4 is 0 Å². The first-order valence-corrected chi connectivity index (χ1v) is 4.87. The Labute approximate surface area is 70.8 Å². The SMILES string of the molecule is CCCC(CCO)[C@@H](C)CC. The molecule has 0 fully saturated rings. The van der Waals surface area contributed by atoms with Gasteiger partial charge in [0, 0.05) is 6.61 Å². The van der Waals surface area contributed by atoms with Crippen LogP contribution in [0.3, 0.4) is 0 Å². The molecule has 0 aliphatic heterocycles. The van der Waals surface area contributed by atoms with Crippen molar-refractivity contribution in [2.45, 2.75) is 46.5 Å². The van der Waals surface area contributed by atoms with E-state index in [9.17, 15) is 0 Å². The van der Waals surface area contributed by atoms with Crippen LogP contribution in [0, 0.1) is 11.8 Å². The van der Waals surface area contributed by atoms with Crippen molar-refractivity contribution in [3.05, 3.63) is 0 Å². The highest BCUT2D eigenvalue weighted by molar-refractivity contribution is 4.64. The lowest BCUT2D eigenvalue weighted by Crippen LogP contribution is -2.12. The number of aliphatic hydroxyl groups excluding tert-OH is 1. The Balaban J connectivity index is 3.66. The van der Waals surface area contributed by atoms with Crippen LogP contribution in [0.5, 0.6) is 0 Å².